The van der Waals surface area contributed by atoms with Crippen molar-refractivity contribution in [1.82, 2.24) is 0 Å². The normalized spacial score (nSPS) is 27.6. The highest BCUT2D eigenvalue weighted by Crippen LogP contribution is 2.51. The lowest BCUT2D eigenvalue weighted by molar-refractivity contribution is -0.146. The molecule has 0 heterocycles. The first-order valence-electron chi connectivity index (χ1n) is 7.61. The Hall–Kier alpha value is -1.45. The van der Waals surface area contributed by atoms with Gasteiger partial charge in [0.2, 0.25) is 0 Å². The molecule has 2 aliphatic carbocycles. The quantitative estimate of drug-likeness (QED) is 0.627. The fourth-order valence-corrected chi connectivity index (χ4v) is 3.80. The van der Waals surface area contributed by atoms with E-state index in [0.717, 1.165) is 25.5 Å². The van der Waals surface area contributed by atoms with E-state index in [2.05, 4.69) is 0 Å². The van der Waals surface area contributed by atoms with Crippen LogP contribution in [0.4, 0.5) is 0 Å². The average molecular weight is 292 g/mol. The van der Waals surface area contributed by atoms with Crippen LogP contribution < -0.4 is 0 Å². The molecule has 0 aromatic heterocycles. The van der Waals surface area contributed by atoms with E-state index in [1.807, 2.05) is 0 Å². The zero-order valence-electron chi connectivity index (χ0n) is 13.3. The van der Waals surface area contributed by atoms with E-state index in [4.69, 9.17) is 0 Å². The SMILES string of the molecule is CC1(C)C(=O)C(C2(C=O)CCCCC2)=C(O)C(C)(C)C1=O. The number of aliphatic hydroxyl groups excluding tert-OH is 1. The molecule has 0 atom stereocenters. The van der Waals surface area contributed by atoms with Gasteiger partial charge in [0.25, 0.3) is 0 Å². The Labute approximate surface area is 125 Å². The predicted octanol–water partition coefficient (Wildman–Crippen LogP) is 3.15. The van der Waals surface area contributed by atoms with Crippen LogP contribution in [-0.2, 0) is 14.4 Å². The number of aldehydes is 1. The lowest BCUT2D eigenvalue weighted by Gasteiger charge is -2.44. The van der Waals surface area contributed by atoms with Gasteiger partial charge in [0.05, 0.1) is 16.2 Å². The molecule has 4 nitrogen and oxygen atoms in total. The van der Waals surface area contributed by atoms with Crippen molar-refractivity contribution in [3.05, 3.63) is 11.3 Å². The molecule has 0 amide bonds. The van der Waals surface area contributed by atoms with Crippen LogP contribution in [0.1, 0.15) is 59.8 Å². The second kappa shape index (κ2) is 4.79. The van der Waals surface area contributed by atoms with Gasteiger partial charge in [0.1, 0.15) is 12.0 Å². The first kappa shape index (κ1) is 15.9. The lowest BCUT2D eigenvalue weighted by atomic mass is 9.56. The molecular weight excluding hydrogens is 268 g/mol. The van der Waals surface area contributed by atoms with E-state index < -0.39 is 22.0 Å². The summed E-state index contributed by atoms with van der Waals surface area (Å²) in [6.07, 6.45) is 4.71. The number of carbonyl (C=O) groups excluding carboxylic acids is 3. The molecule has 2 rings (SSSR count). The topological polar surface area (TPSA) is 71.4 Å². The van der Waals surface area contributed by atoms with Crippen molar-refractivity contribution in [1.29, 1.82) is 0 Å². The Morgan fingerprint density at radius 2 is 1.48 bits per heavy atom. The van der Waals surface area contributed by atoms with Crippen LogP contribution in [0.25, 0.3) is 0 Å². The summed E-state index contributed by atoms with van der Waals surface area (Å²) in [5.74, 6) is -0.887. The Morgan fingerprint density at radius 3 is 1.95 bits per heavy atom. The van der Waals surface area contributed by atoms with Crippen molar-refractivity contribution in [2.45, 2.75) is 59.8 Å². The molecule has 1 saturated carbocycles. The summed E-state index contributed by atoms with van der Waals surface area (Å²) in [4.78, 5) is 37.1. The van der Waals surface area contributed by atoms with Crippen molar-refractivity contribution < 1.29 is 19.5 Å². The third-order valence-electron chi connectivity index (χ3n) is 5.23. The number of carbonyl (C=O) groups is 3. The van der Waals surface area contributed by atoms with Gasteiger partial charge < -0.3 is 9.90 Å². The second-order valence-corrected chi connectivity index (χ2v) is 7.47. The first-order valence-corrected chi connectivity index (χ1v) is 7.61. The highest BCUT2D eigenvalue weighted by atomic mass is 16.3. The molecule has 0 aromatic rings. The maximum Gasteiger partial charge on any atom is 0.176 e. The van der Waals surface area contributed by atoms with Gasteiger partial charge in [0.15, 0.2) is 11.6 Å². The minimum Gasteiger partial charge on any atom is -0.511 e. The van der Waals surface area contributed by atoms with E-state index in [-0.39, 0.29) is 17.1 Å². The predicted molar refractivity (Wildman–Crippen MR) is 78.8 cm³/mol. The number of hydrogen-bond donors (Lipinski definition) is 1. The molecule has 0 spiro atoms. The molecule has 21 heavy (non-hydrogen) atoms. The molecule has 0 aliphatic heterocycles. The fourth-order valence-electron chi connectivity index (χ4n) is 3.80. The first-order chi connectivity index (χ1) is 9.61. The van der Waals surface area contributed by atoms with Crippen LogP contribution in [0, 0.1) is 16.2 Å². The van der Waals surface area contributed by atoms with Crippen LogP contribution in [0.2, 0.25) is 0 Å². The zero-order chi connectivity index (χ0) is 16.1. The molecular formula is C17H24O4. The highest BCUT2D eigenvalue weighted by Gasteiger charge is 2.57. The number of rotatable bonds is 2. The number of ketones is 2. The maximum absolute atomic E-state index is 12.8. The summed E-state index contributed by atoms with van der Waals surface area (Å²) >= 11 is 0. The van der Waals surface area contributed by atoms with E-state index in [0.29, 0.717) is 12.8 Å². The van der Waals surface area contributed by atoms with Gasteiger partial charge in [0, 0.05) is 5.57 Å². The van der Waals surface area contributed by atoms with Gasteiger partial charge in [-0.2, -0.15) is 0 Å². The molecule has 1 N–H and O–H groups in total. The summed E-state index contributed by atoms with van der Waals surface area (Å²) in [7, 11) is 0. The molecule has 2 aliphatic rings. The van der Waals surface area contributed by atoms with E-state index >= 15 is 0 Å². The number of hydrogen-bond acceptors (Lipinski definition) is 4. The lowest BCUT2D eigenvalue weighted by Crippen LogP contribution is -2.52. The van der Waals surface area contributed by atoms with Gasteiger partial charge in [-0.05, 0) is 40.5 Å². The zero-order valence-corrected chi connectivity index (χ0v) is 13.3. The largest absolute Gasteiger partial charge is 0.511 e. The van der Waals surface area contributed by atoms with Crippen molar-refractivity contribution >= 4 is 17.9 Å². The monoisotopic (exact) mass is 292 g/mol. The Bertz CT molecular complexity index is 531. The Morgan fingerprint density at radius 1 is 0.952 bits per heavy atom. The molecule has 116 valence electrons. The van der Waals surface area contributed by atoms with Crippen LogP contribution in [0.3, 0.4) is 0 Å². The molecule has 0 aromatic carbocycles. The molecule has 0 radical (unpaired) electrons. The van der Waals surface area contributed by atoms with Crippen LogP contribution >= 0.6 is 0 Å². The number of Topliss-reactive ketones (excluding diaryl/α,β-unsaturated/α-hetero) is 2. The van der Waals surface area contributed by atoms with Gasteiger partial charge >= 0.3 is 0 Å². The minimum absolute atomic E-state index is 0.187. The molecule has 0 unspecified atom stereocenters. The number of allylic oxidation sites excluding steroid dienone is 2. The maximum atomic E-state index is 12.8. The smallest absolute Gasteiger partial charge is 0.176 e. The Kier molecular flexibility index (Phi) is 3.63. The molecule has 0 bridgehead atoms. The van der Waals surface area contributed by atoms with Gasteiger partial charge in [-0.25, -0.2) is 0 Å². The minimum atomic E-state index is -1.20. The standard InChI is InChI=1S/C17H24O4/c1-15(2)12(19)11(13(20)16(3,4)14(15)21)17(10-18)8-6-5-7-9-17/h10,19H,5-9H2,1-4H3. The van der Waals surface area contributed by atoms with Crippen molar-refractivity contribution in [2.24, 2.45) is 16.2 Å². The molecule has 4 heteroatoms. The van der Waals surface area contributed by atoms with Crippen molar-refractivity contribution in [2.75, 3.05) is 0 Å². The van der Waals surface area contributed by atoms with Gasteiger partial charge in [-0.15, -0.1) is 0 Å². The van der Waals surface area contributed by atoms with Gasteiger partial charge in [-0.3, -0.25) is 9.59 Å². The number of aliphatic hydroxyl groups is 1. The summed E-state index contributed by atoms with van der Waals surface area (Å²) in [5.41, 5.74) is -3.06. The third kappa shape index (κ3) is 2.07. The van der Waals surface area contributed by atoms with Crippen molar-refractivity contribution in [3.63, 3.8) is 0 Å². The fraction of sp³-hybridized carbons (Fsp3) is 0.706. The third-order valence-corrected chi connectivity index (χ3v) is 5.23. The molecule has 1 fully saturated rings. The van der Waals surface area contributed by atoms with E-state index in [1.165, 1.54) is 0 Å². The highest BCUT2D eigenvalue weighted by molar-refractivity contribution is 6.20. The second-order valence-electron chi connectivity index (χ2n) is 7.47. The summed E-state index contributed by atoms with van der Waals surface area (Å²) < 4.78 is 0. The Balaban J connectivity index is 2.69. The average Bonchev–Trinajstić information content (AvgIpc) is 2.46. The molecule has 0 saturated heterocycles. The van der Waals surface area contributed by atoms with Gasteiger partial charge in [-0.1, -0.05) is 19.3 Å². The van der Waals surface area contributed by atoms with Crippen LogP contribution in [0.5, 0.6) is 0 Å². The van der Waals surface area contributed by atoms with Crippen molar-refractivity contribution in [3.8, 4) is 0 Å². The van der Waals surface area contributed by atoms with Crippen LogP contribution in [-0.4, -0.2) is 23.0 Å². The van der Waals surface area contributed by atoms with Crippen LogP contribution in [0.15, 0.2) is 11.3 Å². The summed E-state index contributed by atoms with van der Waals surface area (Å²) in [6.45, 7) is 6.43. The van der Waals surface area contributed by atoms with E-state index in [9.17, 15) is 19.5 Å². The summed E-state index contributed by atoms with van der Waals surface area (Å²) in [6, 6.07) is 0. The summed E-state index contributed by atoms with van der Waals surface area (Å²) in [5, 5.41) is 10.6. The van der Waals surface area contributed by atoms with E-state index in [1.54, 1.807) is 27.7 Å².